The van der Waals surface area contributed by atoms with Crippen LogP contribution in [0.2, 0.25) is 0 Å². The minimum atomic E-state index is 0. The van der Waals surface area contributed by atoms with Crippen LogP contribution in [-0.2, 0) is 10.2 Å². The first-order valence-corrected chi connectivity index (χ1v) is 6.65. The minimum absolute atomic E-state index is 0. The van der Waals surface area contributed by atoms with Crippen LogP contribution in [0.3, 0.4) is 0 Å². The Morgan fingerprint density at radius 3 is 2.58 bits per heavy atom. The van der Waals surface area contributed by atoms with Crippen LogP contribution >= 0.6 is 12.4 Å². The molecule has 0 heterocycles. The Kier molecular flexibility index (Phi) is 5.83. The van der Waals surface area contributed by atoms with Gasteiger partial charge in [0, 0.05) is 24.9 Å². The lowest BCUT2D eigenvalue weighted by atomic mass is 9.92. The molecule has 0 radical (unpaired) electrons. The third-order valence-corrected chi connectivity index (χ3v) is 3.80. The summed E-state index contributed by atoms with van der Waals surface area (Å²) in [5, 5.41) is 6.06. The van der Waals surface area contributed by atoms with Crippen LogP contribution in [0, 0.1) is 6.92 Å². The third kappa shape index (κ3) is 3.95. The van der Waals surface area contributed by atoms with Gasteiger partial charge in [-0.05, 0) is 37.9 Å². The summed E-state index contributed by atoms with van der Waals surface area (Å²) in [6.07, 6.45) is 2.93. The molecule has 1 fully saturated rings. The summed E-state index contributed by atoms with van der Waals surface area (Å²) >= 11 is 0. The summed E-state index contributed by atoms with van der Waals surface area (Å²) in [6.45, 7) is 3.67. The maximum absolute atomic E-state index is 11.6. The standard InChI is InChI=1S/C15H22N2O.ClH/c1-12-5-3-4-6-13(12)15(8-9-15)11-17-14(18)7-10-16-2;/h3-6,16H,7-11H2,1-2H3,(H,17,18);1H. The molecule has 19 heavy (non-hydrogen) atoms. The number of nitrogens with one attached hydrogen (secondary N) is 2. The fourth-order valence-corrected chi connectivity index (χ4v) is 2.45. The number of aryl methyl sites for hydroxylation is 1. The molecular weight excluding hydrogens is 260 g/mol. The molecule has 3 nitrogen and oxygen atoms in total. The molecule has 1 aromatic rings. The lowest BCUT2D eigenvalue weighted by Crippen LogP contribution is -2.33. The number of rotatable bonds is 6. The van der Waals surface area contributed by atoms with E-state index in [1.165, 1.54) is 24.0 Å². The van der Waals surface area contributed by atoms with Gasteiger partial charge in [-0.3, -0.25) is 4.79 Å². The highest BCUT2D eigenvalue weighted by atomic mass is 35.5. The van der Waals surface area contributed by atoms with E-state index in [0.29, 0.717) is 6.42 Å². The monoisotopic (exact) mass is 282 g/mol. The maximum Gasteiger partial charge on any atom is 0.221 e. The fourth-order valence-electron chi connectivity index (χ4n) is 2.45. The van der Waals surface area contributed by atoms with Crippen molar-refractivity contribution in [1.29, 1.82) is 0 Å². The molecule has 0 bridgehead atoms. The molecule has 0 unspecified atom stereocenters. The summed E-state index contributed by atoms with van der Waals surface area (Å²) in [4.78, 5) is 11.6. The first-order chi connectivity index (χ1) is 8.68. The van der Waals surface area contributed by atoms with Gasteiger partial charge in [-0.25, -0.2) is 0 Å². The van der Waals surface area contributed by atoms with E-state index in [1.807, 2.05) is 7.05 Å². The lowest BCUT2D eigenvalue weighted by Gasteiger charge is -2.18. The van der Waals surface area contributed by atoms with Crippen LogP contribution in [0.25, 0.3) is 0 Å². The number of halogens is 1. The molecule has 4 heteroatoms. The van der Waals surface area contributed by atoms with Gasteiger partial charge in [0.15, 0.2) is 0 Å². The number of hydrogen-bond donors (Lipinski definition) is 2. The molecule has 0 atom stereocenters. The Morgan fingerprint density at radius 2 is 2.00 bits per heavy atom. The first kappa shape index (κ1) is 16.0. The van der Waals surface area contributed by atoms with Gasteiger partial charge >= 0.3 is 0 Å². The van der Waals surface area contributed by atoms with Gasteiger partial charge in [0.05, 0.1) is 0 Å². The number of carbonyl (C=O) groups is 1. The Hall–Kier alpha value is -1.06. The molecule has 1 aliphatic rings. The van der Waals surface area contributed by atoms with E-state index in [4.69, 9.17) is 0 Å². The van der Waals surface area contributed by atoms with Crippen LogP contribution in [0.5, 0.6) is 0 Å². The second-order valence-electron chi connectivity index (χ2n) is 5.23. The van der Waals surface area contributed by atoms with Gasteiger partial charge in [0.1, 0.15) is 0 Å². The average molecular weight is 283 g/mol. The van der Waals surface area contributed by atoms with Crippen molar-refractivity contribution < 1.29 is 4.79 Å². The van der Waals surface area contributed by atoms with Gasteiger partial charge in [0.2, 0.25) is 5.91 Å². The quantitative estimate of drug-likeness (QED) is 0.840. The summed E-state index contributed by atoms with van der Waals surface area (Å²) in [7, 11) is 1.86. The van der Waals surface area contributed by atoms with Crippen molar-refractivity contribution in [2.45, 2.75) is 31.6 Å². The van der Waals surface area contributed by atoms with Gasteiger partial charge in [-0.1, -0.05) is 24.3 Å². The number of carbonyl (C=O) groups excluding carboxylic acids is 1. The summed E-state index contributed by atoms with van der Waals surface area (Å²) in [5.41, 5.74) is 2.94. The molecule has 2 N–H and O–H groups in total. The Labute approximate surface area is 121 Å². The van der Waals surface area contributed by atoms with E-state index in [-0.39, 0.29) is 23.7 Å². The minimum Gasteiger partial charge on any atom is -0.355 e. The van der Waals surface area contributed by atoms with E-state index in [2.05, 4.69) is 41.8 Å². The van der Waals surface area contributed by atoms with Crippen molar-refractivity contribution in [1.82, 2.24) is 10.6 Å². The van der Waals surface area contributed by atoms with Crippen molar-refractivity contribution in [2.24, 2.45) is 0 Å². The Morgan fingerprint density at radius 1 is 1.32 bits per heavy atom. The molecule has 1 amide bonds. The van der Waals surface area contributed by atoms with Crippen molar-refractivity contribution >= 4 is 18.3 Å². The molecule has 1 saturated carbocycles. The van der Waals surface area contributed by atoms with Crippen LogP contribution in [0.1, 0.15) is 30.4 Å². The van der Waals surface area contributed by atoms with Gasteiger partial charge in [-0.15, -0.1) is 12.4 Å². The average Bonchev–Trinajstić information content (AvgIpc) is 3.15. The molecule has 1 aliphatic carbocycles. The lowest BCUT2D eigenvalue weighted by molar-refractivity contribution is -0.121. The van der Waals surface area contributed by atoms with Crippen molar-refractivity contribution in [3.63, 3.8) is 0 Å². The Bertz CT molecular complexity index is 430. The maximum atomic E-state index is 11.6. The molecule has 0 aliphatic heterocycles. The third-order valence-electron chi connectivity index (χ3n) is 3.80. The number of hydrogen-bond acceptors (Lipinski definition) is 2. The fraction of sp³-hybridized carbons (Fsp3) is 0.533. The topological polar surface area (TPSA) is 41.1 Å². The number of amides is 1. The van der Waals surface area contributed by atoms with E-state index in [9.17, 15) is 4.79 Å². The largest absolute Gasteiger partial charge is 0.355 e. The number of benzene rings is 1. The molecular formula is C15H23ClN2O. The smallest absolute Gasteiger partial charge is 0.221 e. The van der Waals surface area contributed by atoms with Crippen molar-refractivity contribution in [3.05, 3.63) is 35.4 Å². The zero-order valence-electron chi connectivity index (χ0n) is 11.7. The van der Waals surface area contributed by atoms with E-state index in [1.54, 1.807) is 0 Å². The molecule has 0 saturated heterocycles. The molecule has 0 aromatic heterocycles. The van der Waals surface area contributed by atoms with Crippen molar-refractivity contribution in [2.75, 3.05) is 20.1 Å². The highest BCUT2D eigenvalue weighted by molar-refractivity contribution is 5.85. The highest BCUT2D eigenvalue weighted by Crippen LogP contribution is 2.48. The predicted octanol–water partition coefficient (Wildman–Crippen LogP) is 2.17. The molecule has 2 rings (SSSR count). The molecule has 106 valence electrons. The van der Waals surface area contributed by atoms with Crippen LogP contribution < -0.4 is 10.6 Å². The summed E-state index contributed by atoms with van der Waals surface area (Å²) in [6, 6.07) is 8.51. The Balaban J connectivity index is 0.00000180. The predicted molar refractivity (Wildman–Crippen MR) is 80.9 cm³/mol. The van der Waals surface area contributed by atoms with Gasteiger partial charge in [-0.2, -0.15) is 0 Å². The zero-order valence-corrected chi connectivity index (χ0v) is 12.5. The van der Waals surface area contributed by atoms with Crippen molar-refractivity contribution in [3.8, 4) is 0 Å². The highest BCUT2D eigenvalue weighted by Gasteiger charge is 2.44. The first-order valence-electron chi connectivity index (χ1n) is 6.65. The summed E-state index contributed by atoms with van der Waals surface area (Å²) < 4.78 is 0. The second-order valence-corrected chi connectivity index (χ2v) is 5.23. The SMILES string of the molecule is CNCCC(=O)NCC1(c2ccccc2C)CC1.Cl. The molecule has 0 spiro atoms. The van der Waals surface area contributed by atoms with E-state index >= 15 is 0 Å². The van der Waals surface area contributed by atoms with E-state index < -0.39 is 0 Å². The summed E-state index contributed by atoms with van der Waals surface area (Å²) in [5.74, 6) is 0.143. The van der Waals surface area contributed by atoms with Crippen LogP contribution in [-0.4, -0.2) is 26.0 Å². The van der Waals surface area contributed by atoms with Crippen LogP contribution in [0.4, 0.5) is 0 Å². The van der Waals surface area contributed by atoms with E-state index in [0.717, 1.165) is 13.1 Å². The second kappa shape index (κ2) is 6.92. The van der Waals surface area contributed by atoms with Crippen LogP contribution in [0.15, 0.2) is 24.3 Å². The molecule has 1 aromatic carbocycles. The van der Waals surface area contributed by atoms with Gasteiger partial charge in [0.25, 0.3) is 0 Å². The zero-order chi connectivity index (χ0) is 13.0. The van der Waals surface area contributed by atoms with Gasteiger partial charge < -0.3 is 10.6 Å². The normalized spacial score (nSPS) is 15.5.